The predicted octanol–water partition coefficient (Wildman–Crippen LogP) is 3.19. The van der Waals surface area contributed by atoms with Gasteiger partial charge in [-0.2, -0.15) is 0 Å². The highest BCUT2D eigenvalue weighted by Gasteiger charge is 2.30. The van der Waals surface area contributed by atoms with Gasteiger partial charge in [0.15, 0.2) is 0 Å². The summed E-state index contributed by atoms with van der Waals surface area (Å²) in [4.78, 5) is 14.7. The first-order valence-corrected chi connectivity index (χ1v) is 12.3. The SMILES string of the molecule is COCCCn1c(CN2CCC[C@H]2c2nc3ccc(Cl)cc3[nH]2)cnc1S(C)(=O)=O. The summed E-state index contributed by atoms with van der Waals surface area (Å²) in [6.07, 6.45) is 5.64. The average molecular weight is 452 g/mol. The third kappa shape index (κ3) is 4.39. The van der Waals surface area contributed by atoms with Gasteiger partial charge in [-0.25, -0.2) is 18.4 Å². The highest BCUT2D eigenvalue weighted by atomic mass is 35.5. The lowest BCUT2D eigenvalue weighted by Crippen LogP contribution is -2.25. The number of methoxy groups -OCH3 is 1. The number of ether oxygens (including phenoxy) is 1. The summed E-state index contributed by atoms with van der Waals surface area (Å²) < 4.78 is 31.3. The molecule has 1 fully saturated rings. The molecule has 0 radical (unpaired) electrons. The van der Waals surface area contributed by atoms with E-state index in [-0.39, 0.29) is 11.2 Å². The number of benzene rings is 1. The van der Waals surface area contributed by atoms with Gasteiger partial charge >= 0.3 is 0 Å². The van der Waals surface area contributed by atoms with E-state index in [1.807, 2.05) is 22.8 Å². The Morgan fingerprint density at radius 1 is 1.37 bits per heavy atom. The van der Waals surface area contributed by atoms with Crippen molar-refractivity contribution >= 4 is 32.5 Å². The zero-order valence-corrected chi connectivity index (χ0v) is 18.7. The Balaban J connectivity index is 1.60. The first kappa shape index (κ1) is 21.3. The van der Waals surface area contributed by atoms with Crippen molar-refractivity contribution in [1.29, 1.82) is 0 Å². The molecule has 1 saturated heterocycles. The Hall–Kier alpha value is -1.94. The van der Waals surface area contributed by atoms with Crippen molar-refractivity contribution in [1.82, 2.24) is 24.4 Å². The van der Waals surface area contributed by atoms with Crippen LogP contribution in [0, 0.1) is 0 Å². The summed E-state index contributed by atoms with van der Waals surface area (Å²) in [7, 11) is -1.77. The van der Waals surface area contributed by atoms with E-state index in [1.54, 1.807) is 13.3 Å². The number of aromatic nitrogens is 4. The van der Waals surface area contributed by atoms with E-state index < -0.39 is 9.84 Å². The van der Waals surface area contributed by atoms with Crippen LogP contribution in [0.3, 0.4) is 0 Å². The number of hydrogen-bond donors (Lipinski definition) is 1. The smallest absolute Gasteiger partial charge is 0.227 e. The molecule has 0 unspecified atom stereocenters. The fourth-order valence-electron chi connectivity index (χ4n) is 4.11. The van der Waals surface area contributed by atoms with Crippen molar-refractivity contribution in [2.45, 2.75) is 43.6 Å². The summed E-state index contributed by atoms with van der Waals surface area (Å²) >= 11 is 6.11. The Kier molecular flexibility index (Phi) is 6.15. The molecule has 3 heterocycles. The fourth-order valence-corrected chi connectivity index (χ4v) is 5.14. The fraction of sp³-hybridized carbons (Fsp3) is 0.500. The van der Waals surface area contributed by atoms with Crippen LogP contribution in [0.2, 0.25) is 5.02 Å². The monoisotopic (exact) mass is 451 g/mol. The average Bonchev–Trinajstić information content (AvgIpc) is 3.39. The zero-order valence-electron chi connectivity index (χ0n) is 17.1. The van der Waals surface area contributed by atoms with E-state index >= 15 is 0 Å². The first-order chi connectivity index (χ1) is 14.4. The highest BCUT2D eigenvalue weighted by molar-refractivity contribution is 7.90. The molecule has 1 atom stereocenters. The third-order valence-corrected chi connectivity index (χ3v) is 6.69. The van der Waals surface area contributed by atoms with Crippen molar-refractivity contribution in [2.75, 3.05) is 26.5 Å². The van der Waals surface area contributed by atoms with Crippen molar-refractivity contribution in [3.8, 4) is 0 Å². The lowest BCUT2D eigenvalue weighted by Gasteiger charge is -2.23. The molecule has 2 aromatic heterocycles. The van der Waals surface area contributed by atoms with E-state index in [2.05, 4.69) is 14.9 Å². The van der Waals surface area contributed by atoms with Gasteiger partial charge in [0.05, 0.1) is 29.0 Å². The van der Waals surface area contributed by atoms with Crippen LogP contribution in [0.5, 0.6) is 0 Å². The number of aromatic amines is 1. The molecule has 1 aromatic carbocycles. The van der Waals surface area contributed by atoms with E-state index in [9.17, 15) is 8.42 Å². The van der Waals surface area contributed by atoms with Gasteiger partial charge < -0.3 is 14.3 Å². The predicted molar refractivity (Wildman–Crippen MR) is 115 cm³/mol. The minimum Gasteiger partial charge on any atom is -0.385 e. The van der Waals surface area contributed by atoms with Gasteiger partial charge in [-0.3, -0.25) is 4.90 Å². The Morgan fingerprint density at radius 3 is 2.97 bits per heavy atom. The van der Waals surface area contributed by atoms with E-state index in [0.717, 1.165) is 48.4 Å². The van der Waals surface area contributed by atoms with Crippen LogP contribution in [0.1, 0.15) is 36.8 Å². The summed E-state index contributed by atoms with van der Waals surface area (Å²) in [6, 6.07) is 5.78. The number of fused-ring (bicyclic) bond motifs is 1. The number of nitrogens with one attached hydrogen (secondary N) is 1. The van der Waals surface area contributed by atoms with Crippen LogP contribution in [0.15, 0.2) is 29.6 Å². The van der Waals surface area contributed by atoms with Crippen LogP contribution < -0.4 is 0 Å². The molecule has 0 spiro atoms. The molecule has 162 valence electrons. The topological polar surface area (TPSA) is 93.1 Å². The Morgan fingerprint density at radius 2 is 2.20 bits per heavy atom. The maximum atomic E-state index is 12.2. The lowest BCUT2D eigenvalue weighted by molar-refractivity contribution is 0.187. The number of hydrogen-bond acceptors (Lipinski definition) is 6. The third-order valence-electron chi connectivity index (χ3n) is 5.47. The lowest BCUT2D eigenvalue weighted by atomic mass is 10.2. The molecular weight excluding hydrogens is 426 g/mol. The number of rotatable bonds is 8. The molecule has 8 nitrogen and oxygen atoms in total. The molecule has 4 rings (SSSR count). The molecule has 0 bridgehead atoms. The van der Waals surface area contributed by atoms with Crippen molar-refractivity contribution in [3.63, 3.8) is 0 Å². The quantitative estimate of drug-likeness (QED) is 0.528. The summed E-state index contributed by atoms with van der Waals surface area (Å²) in [6.45, 7) is 2.64. The van der Waals surface area contributed by atoms with Crippen LogP contribution in [0.25, 0.3) is 11.0 Å². The number of nitrogens with zero attached hydrogens (tertiary/aromatic N) is 4. The second-order valence-electron chi connectivity index (χ2n) is 7.71. The van der Waals surface area contributed by atoms with Gasteiger partial charge in [0.2, 0.25) is 15.0 Å². The van der Waals surface area contributed by atoms with Crippen LogP contribution >= 0.6 is 11.6 Å². The minimum atomic E-state index is -3.41. The Bertz CT molecular complexity index is 1140. The second-order valence-corrected chi connectivity index (χ2v) is 10.1. The Labute approximate surface area is 181 Å². The number of sulfone groups is 1. The number of halogens is 1. The molecule has 0 aliphatic carbocycles. The van der Waals surface area contributed by atoms with Crippen molar-refractivity contribution < 1.29 is 13.2 Å². The highest BCUT2D eigenvalue weighted by Crippen LogP contribution is 2.33. The van der Waals surface area contributed by atoms with Gasteiger partial charge in [-0.15, -0.1) is 0 Å². The van der Waals surface area contributed by atoms with Crippen molar-refractivity contribution in [3.05, 3.63) is 40.9 Å². The number of likely N-dealkylation sites (tertiary alicyclic amines) is 1. The molecule has 3 aromatic rings. The van der Waals surface area contributed by atoms with Crippen LogP contribution in [-0.2, 0) is 27.7 Å². The van der Waals surface area contributed by atoms with Gasteiger partial charge in [0.25, 0.3) is 0 Å². The summed E-state index contributed by atoms with van der Waals surface area (Å²) in [5, 5.41) is 0.789. The molecule has 1 N–H and O–H groups in total. The zero-order chi connectivity index (χ0) is 21.3. The van der Waals surface area contributed by atoms with Gasteiger partial charge in [0.1, 0.15) is 5.82 Å². The van der Waals surface area contributed by atoms with Gasteiger partial charge in [-0.05, 0) is 44.0 Å². The standard InChI is InChI=1S/C20H26ClN5O3S/c1-29-10-4-9-26-15(12-22-20(26)30(2,27)28)13-25-8-3-5-18(25)19-23-16-7-6-14(21)11-17(16)24-19/h6-7,11-12,18H,3-5,8-10,13H2,1-2H3,(H,23,24)/t18-/m0/s1. The molecule has 10 heteroatoms. The second kappa shape index (κ2) is 8.66. The molecule has 30 heavy (non-hydrogen) atoms. The minimum absolute atomic E-state index is 0.114. The molecule has 0 amide bonds. The first-order valence-electron chi connectivity index (χ1n) is 9.99. The summed E-state index contributed by atoms with van der Waals surface area (Å²) in [5.41, 5.74) is 2.70. The molecule has 0 saturated carbocycles. The maximum Gasteiger partial charge on any atom is 0.227 e. The summed E-state index contributed by atoms with van der Waals surface area (Å²) in [5.74, 6) is 0.915. The van der Waals surface area contributed by atoms with Crippen molar-refractivity contribution in [2.24, 2.45) is 0 Å². The molecule has 1 aliphatic rings. The molecule has 1 aliphatic heterocycles. The normalized spacial score (nSPS) is 17.9. The maximum absolute atomic E-state index is 12.2. The number of imidazole rings is 2. The van der Waals surface area contributed by atoms with Crippen LogP contribution in [-0.4, -0.2) is 59.4 Å². The van der Waals surface area contributed by atoms with E-state index in [1.165, 1.54) is 6.26 Å². The largest absolute Gasteiger partial charge is 0.385 e. The van der Waals surface area contributed by atoms with E-state index in [4.69, 9.17) is 21.3 Å². The van der Waals surface area contributed by atoms with E-state index in [0.29, 0.717) is 24.7 Å². The van der Waals surface area contributed by atoms with Gasteiger partial charge in [0, 0.05) is 38.1 Å². The van der Waals surface area contributed by atoms with Gasteiger partial charge in [-0.1, -0.05) is 11.6 Å². The molecular formula is C20H26ClN5O3S. The number of H-pyrrole nitrogens is 1. The van der Waals surface area contributed by atoms with Crippen LogP contribution in [0.4, 0.5) is 0 Å².